The zero-order valence-electron chi connectivity index (χ0n) is 25.6. The number of likely N-dealkylation sites (tertiary alicyclic amines) is 1. The average molecular weight is 653 g/mol. The van der Waals surface area contributed by atoms with Gasteiger partial charge >= 0.3 is 12.3 Å². The predicted octanol–water partition coefficient (Wildman–Crippen LogP) is 5.84. The largest absolute Gasteiger partial charge is 0.495 e. The summed E-state index contributed by atoms with van der Waals surface area (Å²) in [5, 5.41) is 6.57. The van der Waals surface area contributed by atoms with Crippen LogP contribution in [0, 0.1) is 11.8 Å². The Kier molecular flexibility index (Phi) is 9.82. The molecule has 1 aromatic heterocycles. The fourth-order valence-corrected chi connectivity index (χ4v) is 5.58. The maximum atomic E-state index is 15.2. The summed E-state index contributed by atoms with van der Waals surface area (Å²) in [7, 11) is -2.07. The number of fused-ring (bicyclic) bond motifs is 1. The number of alkyl halides is 4. The van der Waals surface area contributed by atoms with E-state index in [0.717, 1.165) is 10.8 Å². The number of carbonyl (C=O) groups is 1. The van der Waals surface area contributed by atoms with Gasteiger partial charge in [-0.1, -0.05) is 12.0 Å². The Morgan fingerprint density at radius 2 is 1.84 bits per heavy atom. The fourth-order valence-electron chi connectivity index (χ4n) is 4.95. The van der Waals surface area contributed by atoms with Gasteiger partial charge < -0.3 is 29.6 Å². The van der Waals surface area contributed by atoms with Crippen LogP contribution in [0.1, 0.15) is 32.9 Å². The summed E-state index contributed by atoms with van der Waals surface area (Å²) >= 11 is 0. The monoisotopic (exact) mass is 652 g/mol. The number of nitrogens with zero attached hydrogens (tertiary/aromatic N) is 2. The average Bonchev–Trinajstić information content (AvgIpc) is 3.27. The van der Waals surface area contributed by atoms with Crippen LogP contribution in [0.3, 0.4) is 0 Å². The molecule has 0 radical (unpaired) electrons. The minimum atomic E-state index is -4.53. The lowest BCUT2D eigenvalue weighted by Crippen LogP contribution is -2.51. The Balaban J connectivity index is 1.55. The van der Waals surface area contributed by atoms with Crippen LogP contribution in [0.5, 0.6) is 5.75 Å². The number of benzene rings is 2. The maximum Gasteiger partial charge on any atom is 0.410 e. The van der Waals surface area contributed by atoms with E-state index in [0.29, 0.717) is 16.8 Å². The molecule has 1 aliphatic heterocycles. The lowest BCUT2D eigenvalue weighted by Gasteiger charge is -2.36. The smallest absolute Gasteiger partial charge is 0.410 e. The zero-order valence-corrected chi connectivity index (χ0v) is 26.4. The van der Waals surface area contributed by atoms with Crippen molar-refractivity contribution in [3.05, 3.63) is 48.2 Å². The topological polar surface area (TPSA) is 102 Å². The Hall–Kier alpha value is -4.12. The first-order chi connectivity index (χ1) is 20.9. The van der Waals surface area contributed by atoms with E-state index in [1.807, 2.05) is 0 Å². The first kappa shape index (κ1) is 33.8. The molecule has 1 fully saturated rings. The number of amides is 1. The molecule has 45 heavy (non-hydrogen) atoms. The molecular weight excluding hydrogens is 616 g/mol. The number of rotatable bonds is 7. The maximum absolute atomic E-state index is 15.2. The summed E-state index contributed by atoms with van der Waals surface area (Å²) in [6.45, 7) is 4.00. The molecule has 2 heterocycles. The van der Waals surface area contributed by atoms with Gasteiger partial charge in [0.05, 0.1) is 48.0 Å². The third kappa shape index (κ3) is 8.75. The van der Waals surface area contributed by atoms with E-state index in [1.165, 1.54) is 36.3 Å². The standard InChI is InChI=1S/C31H36F4N4O5S/c1-30(2,3)44-29(40)38-15-13-25(23(32)18-38)37-24-9-6-10-27-22(24)16-20(39(27)19-31(33,34)35)8-7-14-36-26-12-11-21(45(5,41)42)17-28(26)43-4/h6,9-12,16-17,23,25,36-37H,13-15,18-19H2,1-5H3. The molecule has 244 valence electrons. The second-order valence-electron chi connectivity index (χ2n) is 11.7. The van der Waals surface area contributed by atoms with Crippen molar-refractivity contribution < 1.29 is 40.2 Å². The Labute approximate surface area is 259 Å². The number of hydrogen-bond acceptors (Lipinski definition) is 7. The van der Waals surface area contributed by atoms with E-state index in [9.17, 15) is 26.4 Å². The van der Waals surface area contributed by atoms with Crippen molar-refractivity contribution >= 4 is 38.2 Å². The van der Waals surface area contributed by atoms with Crippen molar-refractivity contribution in [2.75, 3.05) is 43.6 Å². The van der Waals surface area contributed by atoms with E-state index in [4.69, 9.17) is 9.47 Å². The van der Waals surface area contributed by atoms with Gasteiger partial charge in [0.1, 0.15) is 24.1 Å². The Bertz CT molecular complexity index is 1720. The van der Waals surface area contributed by atoms with Gasteiger partial charge in [0.25, 0.3) is 0 Å². The first-order valence-corrected chi connectivity index (χ1v) is 16.0. The van der Waals surface area contributed by atoms with Crippen LogP contribution in [-0.4, -0.2) is 81.0 Å². The highest BCUT2D eigenvalue weighted by atomic mass is 32.2. The lowest BCUT2D eigenvalue weighted by molar-refractivity contribution is -0.140. The molecule has 1 saturated heterocycles. The number of aromatic nitrogens is 1. The predicted molar refractivity (Wildman–Crippen MR) is 164 cm³/mol. The number of anilines is 2. The summed E-state index contributed by atoms with van der Waals surface area (Å²) in [4.78, 5) is 13.8. The van der Waals surface area contributed by atoms with Gasteiger partial charge in [0.15, 0.2) is 9.84 Å². The minimum absolute atomic E-state index is 0.0208. The molecule has 4 rings (SSSR count). The zero-order chi connectivity index (χ0) is 33.2. The van der Waals surface area contributed by atoms with Crippen LogP contribution in [0.25, 0.3) is 10.9 Å². The van der Waals surface area contributed by atoms with Crippen LogP contribution in [0.15, 0.2) is 47.4 Å². The quantitative estimate of drug-likeness (QED) is 0.244. The highest BCUT2D eigenvalue weighted by molar-refractivity contribution is 7.90. The van der Waals surface area contributed by atoms with E-state index < -0.39 is 46.5 Å². The lowest BCUT2D eigenvalue weighted by atomic mass is 10.0. The first-order valence-electron chi connectivity index (χ1n) is 14.1. The van der Waals surface area contributed by atoms with Crippen LogP contribution < -0.4 is 15.4 Å². The summed E-state index contributed by atoms with van der Waals surface area (Å²) in [6, 6.07) is 9.94. The van der Waals surface area contributed by atoms with Crippen LogP contribution in [0.4, 0.5) is 33.7 Å². The second-order valence-corrected chi connectivity index (χ2v) is 13.8. The molecular formula is C31H36F4N4O5S. The fraction of sp³-hybridized carbons (Fsp3) is 0.452. The summed E-state index contributed by atoms with van der Waals surface area (Å²) < 4.78 is 91.4. The van der Waals surface area contributed by atoms with Crippen molar-refractivity contribution in [2.24, 2.45) is 0 Å². The number of nitrogens with one attached hydrogen (secondary N) is 2. The van der Waals surface area contributed by atoms with Crippen LogP contribution in [0.2, 0.25) is 0 Å². The third-order valence-electron chi connectivity index (χ3n) is 7.00. The molecule has 2 atom stereocenters. The third-order valence-corrected chi connectivity index (χ3v) is 8.11. The van der Waals surface area contributed by atoms with Gasteiger partial charge in [-0.25, -0.2) is 17.6 Å². The van der Waals surface area contributed by atoms with E-state index >= 15 is 4.39 Å². The number of ether oxygens (including phenoxy) is 2. The van der Waals surface area contributed by atoms with E-state index in [2.05, 4.69) is 22.5 Å². The molecule has 2 unspecified atom stereocenters. The molecule has 0 aliphatic carbocycles. The van der Waals surface area contributed by atoms with Crippen molar-refractivity contribution in [1.82, 2.24) is 9.47 Å². The van der Waals surface area contributed by atoms with Crippen molar-refractivity contribution in [1.29, 1.82) is 0 Å². The number of sulfone groups is 1. The van der Waals surface area contributed by atoms with Crippen molar-refractivity contribution in [3.8, 4) is 17.6 Å². The molecule has 14 heteroatoms. The SMILES string of the molecule is COc1cc(S(C)(=O)=O)ccc1NCC#Cc1cc2c(NC3CCN(C(=O)OC(C)(C)C)CC3F)cccc2n1CC(F)(F)F. The molecule has 2 N–H and O–H groups in total. The summed E-state index contributed by atoms with van der Waals surface area (Å²) in [6.07, 6.45) is -5.22. The second kappa shape index (κ2) is 13.1. The molecule has 0 bridgehead atoms. The van der Waals surface area contributed by atoms with E-state index in [1.54, 1.807) is 39.0 Å². The van der Waals surface area contributed by atoms with Gasteiger partial charge in [-0.15, -0.1) is 0 Å². The number of piperidine rings is 1. The van der Waals surface area contributed by atoms with Crippen molar-refractivity contribution in [3.63, 3.8) is 0 Å². The van der Waals surface area contributed by atoms with Crippen LogP contribution >= 0.6 is 0 Å². The summed E-state index contributed by atoms with van der Waals surface area (Å²) in [5.41, 5.74) is 0.569. The molecule has 0 spiro atoms. The van der Waals surface area contributed by atoms with Crippen molar-refractivity contribution in [2.45, 2.75) is 62.6 Å². The van der Waals surface area contributed by atoms with Gasteiger partial charge in [0, 0.05) is 29.9 Å². The van der Waals surface area contributed by atoms with Gasteiger partial charge in [-0.3, -0.25) is 0 Å². The highest BCUT2D eigenvalue weighted by Crippen LogP contribution is 2.32. The highest BCUT2D eigenvalue weighted by Gasteiger charge is 2.34. The van der Waals surface area contributed by atoms with Gasteiger partial charge in [0.2, 0.25) is 0 Å². The normalized spacial score (nSPS) is 17.4. The van der Waals surface area contributed by atoms with Gasteiger partial charge in [-0.2, -0.15) is 13.2 Å². The minimum Gasteiger partial charge on any atom is -0.495 e. The van der Waals surface area contributed by atoms with Gasteiger partial charge in [-0.05, 0) is 63.4 Å². The molecule has 2 aromatic carbocycles. The Morgan fingerprint density at radius 3 is 2.47 bits per heavy atom. The molecule has 9 nitrogen and oxygen atoms in total. The number of carbonyl (C=O) groups excluding carboxylic acids is 1. The molecule has 1 amide bonds. The molecule has 0 saturated carbocycles. The number of halogens is 4. The van der Waals surface area contributed by atoms with E-state index in [-0.39, 0.29) is 47.9 Å². The molecule has 3 aromatic rings. The number of methoxy groups -OCH3 is 1. The molecule has 1 aliphatic rings. The number of hydrogen-bond donors (Lipinski definition) is 2. The van der Waals surface area contributed by atoms with Crippen LogP contribution in [-0.2, 0) is 21.1 Å². The Morgan fingerprint density at radius 1 is 1.11 bits per heavy atom. The summed E-state index contributed by atoms with van der Waals surface area (Å²) in [5.74, 6) is 5.89.